The van der Waals surface area contributed by atoms with Crippen LogP contribution in [0.3, 0.4) is 0 Å². The minimum Gasteiger partial charge on any atom is -0.340 e. The van der Waals surface area contributed by atoms with Crippen molar-refractivity contribution in [3.05, 3.63) is 27.8 Å². The Labute approximate surface area is 170 Å². The molecule has 3 rings (SSSR count). The molecule has 1 saturated carbocycles. The van der Waals surface area contributed by atoms with Gasteiger partial charge in [-0.25, -0.2) is 8.42 Å². The molecule has 1 amide bonds. The van der Waals surface area contributed by atoms with Gasteiger partial charge in [0.05, 0.1) is 4.90 Å². The molecule has 1 aromatic carbocycles. The minimum atomic E-state index is -3.56. The largest absolute Gasteiger partial charge is 0.340 e. The third kappa shape index (κ3) is 3.73. The lowest BCUT2D eigenvalue weighted by Crippen LogP contribution is -2.52. The van der Waals surface area contributed by atoms with E-state index < -0.39 is 10.0 Å². The quantitative estimate of drug-likeness (QED) is 0.770. The fourth-order valence-electron chi connectivity index (χ4n) is 4.74. The number of hydrogen-bond donors (Lipinski definition) is 0. The molecule has 1 aromatic rings. The van der Waals surface area contributed by atoms with Crippen molar-refractivity contribution in [2.24, 2.45) is 5.92 Å². The molecule has 0 radical (unpaired) electrons. The maximum Gasteiger partial charge on any atom is 0.243 e. The first-order valence-electron chi connectivity index (χ1n) is 10.5. The number of benzene rings is 1. The molecule has 1 heterocycles. The SMILES string of the molecule is Cc1c(C)c(C)c(S(=O)(=O)N2CCN(C(=O)C3CCCCC3)CC2)c(C)c1C. The molecule has 0 aromatic heterocycles. The molecule has 0 unspecified atom stereocenters. The fourth-order valence-corrected chi connectivity index (χ4v) is 6.72. The molecule has 2 aliphatic rings. The zero-order valence-corrected chi connectivity index (χ0v) is 18.8. The number of nitrogens with zero attached hydrogens (tertiary/aromatic N) is 2. The molecule has 1 aliphatic heterocycles. The zero-order chi connectivity index (χ0) is 20.6. The third-order valence-corrected chi connectivity index (χ3v) is 9.21. The van der Waals surface area contributed by atoms with Gasteiger partial charge in [-0.15, -0.1) is 0 Å². The van der Waals surface area contributed by atoms with Gasteiger partial charge in [-0.3, -0.25) is 4.79 Å². The van der Waals surface area contributed by atoms with Crippen LogP contribution >= 0.6 is 0 Å². The number of carbonyl (C=O) groups excluding carboxylic acids is 1. The number of carbonyl (C=O) groups is 1. The first kappa shape index (κ1) is 21.3. The maximum absolute atomic E-state index is 13.4. The highest BCUT2D eigenvalue weighted by Gasteiger charge is 2.35. The molecule has 0 spiro atoms. The van der Waals surface area contributed by atoms with E-state index in [2.05, 4.69) is 6.92 Å². The third-order valence-electron chi connectivity index (χ3n) is 7.03. The average molecular weight is 407 g/mol. The van der Waals surface area contributed by atoms with Gasteiger partial charge in [0.25, 0.3) is 0 Å². The minimum absolute atomic E-state index is 0.142. The van der Waals surface area contributed by atoms with Gasteiger partial charge in [-0.2, -0.15) is 4.31 Å². The molecule has 0 atom stereocenters. The van der Waals surface area contributed by atoms with Crippen LogP contribution < -0.4 is 0 Å². The molecule has 156 valence electrons. The van der Waals surface area contributed by atoms with Crippen molar-refractivity contribution < 1.29 is 13.2 Å². The van der Waals surface area contributed by atoms with E-state index in [0.29, 0.717) is 31.1 Å². The number of hydrogen-bond acceptors (Lipinski definition) is 3. The Hall–Kier alpha value is -1.40. The van der Waals surface area contributed by atoms with Crippen LogP contribution in [-0.4, -0.2) is 49.7 Å². The van der Waals surface area contributed by atoms with Crippen LogP contribution in [-0.2, 0) is 14.8 Å². The van der Waals surface area contributed by atoms with Crippen LogP contribution in [0.5, 0.6) is 0 Å². The topological polar surface area (TPSA) is 57.7 Å². The maximum atomic E-state index is 13.4. The Morgan fingerprint density at radius 3 is 1.71 bits per heavy atom. The second kappa shape index (κ2) is 8.15. The molecule has 6 heteroatoms. The summed E-state index contributed by atoms with van der Waals surface area (Å²) in [6, 6.07) is 0. The van der Waals surface area contributed by atoms with E-state index in [-0.39, 0.29) is 11.8 Å². The van der Waals surface area contributed by atoms with Gasteiger partial charge in [0.15, 0.2) is 0 Å². The molecular weight excluding hydrogens is 372 g/mol. The average Bonchev–Trinajstić information content (AvgIpc) is 2.71. The fraction of sp³-hybridized carbons (Fsp3) is 0.682. The zero-order valence-electron chi connectivity index (χ0n) is 18.0. The lowest BCUT2D eigenvalue weighted by atomic mass is 9.88. The normalized spacial score (nSPS) is 19.8. The van der Waals surface area contributed by atoms with Gasteiger partial charge in [-0.05, 0) is 75.3 Å². The monoisotopic (exact) mass is 406 g/mol. The molecular formula is C22H34N2O3S. The van der Waals surface area contributed by atoms with E-state index in [9.17, 15) is 13.2 Å². The lowest BCUT2D eigenvalue weighted by Gasteiger charge is -2.37. The van der Waals surface area contributed by atoms with E-state index in [0.717, 1.165) is 53.5 Å². The number of amides is 1. The molecule has 2 fully saturated rings. The molecule has 1 aliphatic carbocycles. The first-order valence-corrected chi connectivity index (χ1v) is 12.0. The van der Waals surface area contributed by atoms with Gasteiger partial charge >= 0.3 is 0 Å². The van der Waals surface area contributed by atoms with E-state index in [1.165, 1.54) is 6.42 Å². The predicted octanol–water partition coefficient (Wildman–Crippen LogP) is 3.64. The van der Waals surface area contributed by atoms with Crippen LogP contribution in [0.1, 0.15) is 59.9 Å². The standard InChI is InChI=1S/C22H34N2O3S/c1-15-16(2)18(4)21(19(5)17(15)3)28(26,27)24-13-11-23(12-14-24)22(25)20-9-7-6-8-10-20/h20H,6-14H2,1-5H3. The highest BCUT2D eigenvalue weighted by molar-refractivity contribution is 7.89. The Morgan fingerprint density at radius 2 is 1.21 bits per heavy atom. The molecule has 0 bridgehead atoms. The Morgan fingerprint density at radius 1 is 0.750 bits per heavy atom. The van der Waals surface area contributed by atoms with E-state index >= 15 is 0 Å². The summed E-state index contributed by atoms with van der Waals surface area (Å²) < 4.78 is 28.5. The Bertz CT molecular complexity index is 833. The van der Waals surface area contributed by atoms with Crippen molar-refractivity contribution in [1.82, 2.24) is 9.21 Å². The van der Waals surface area contributed by atoms with Crippen LogP contribution in [0.4, 0.5) is 0 Å². The number of sulfonamides is 1. The van der Waals surface area contributed by atoms with E-state index in [1.54, 1.807) is 4.31 Å². The summed E-state index contributed by atoms with van der Waals surface area (Å²) in [6.07, 6.45) is 5.46. The van der Waals surface area contributed by atoms with E-state index in [1.807, 2.05) is 32.6 Å². The summed E-state index contributed by atoms with van der Waals surface area (Å²) in [6.45, 7) is 11.6. The van der Waals surface area contributed by atoms with Crippen LogP contribution in [0, 0.1) is 40.5 Å². The van der Waals surface area contributed by atoms with Crippen molar-refractivity contribution in [1.29, 1.82) is 0 Å². The number of rotatable bonds is 3. The van der Waals surface area contributed by atoms with E-state index in [4.69, 9.17) is 0 Å². The van der Waals surface area contributed by atoms with Crippen molar-refractivity contribution in [3.8, 4) is 0 Å². The highest BCUT2D eigenvalue weighted by atomic mass is 32.2. The summed E-state index contributed by atoms with van der Waals surface area (Å²) in [4.78, 5) is 15.1. The summed E-state index contributed by atoms with van der Waals surface area (Å²) in [5.74, 6) is 0.370. The molecule has 5 nitrogen and oxygen atoms in total. The molecule has 1 saturated heterocycles. The van der Waals surface area contributed by atoms with Gasteiger partial charge in [0.2, 0.25) is 15.9 Å². The highest BCUT2D eigenvalue weighted by Crippen LogP contribution is 2.32. The Kier molecular flexibility index (Phi) is 6.20. The summed E-state index contributed by atoms with van der Waals surface area (Å²) in [5.41, 5.74) is 4.96. The summed E-state index contributed by atoms with van der Waals surface area (Å²) in [5, 5.41) is 0. The summed E-state index contributed by atoms with van der Waals surface area (Å²) >= 11 is 0. The van der Waals surface area contributed by atoms with Crippen LogP contribution in [0.2, 0.25) is 0 Å². The van der Waals surface area contributed by atoms with Crippen LogP contribution in [0.25, 0.3) is 0 Å². The van der Waals surface area contributed by atoms with Gasteiger partial charge in [0.1, 0.15) is 0 Å². The van der Waals surface area contributed by atoms with Gasteiger partial charge in [0, 0.05) is 32.1 Å². The molecule has 0 N–H and O–H groups in total. The van der Waals surface area contributed by atoms with Crippen molar-refractivity contribution >= 4 is 15.9 Å². The number of piperazine rings is 1. The Balaban J connectivity index is 1.78. The second-order valence-electron chi connectivity index (χ2n) is 8.52. The first-order chi connectivity index (χ1) is 13.2. The van der Waals surface area contributed by atoms with Crippen molar-refractivity contribution in [2.75, 3.05) is 26.2 Å². The van der Waals surface area contributed by atoms with Crippen molar-refractivity contribution in [2.45, 2.75) is 71.6 Å². The second-order valence-corrected chi connectivity index (χ2v) is 10.4. The van der Waals surface area contributed by atoms with Crippen molar-refractivity contribution in [3.63, 3.8) is 0 Å². The van der Waals surface area contributed by atoms with Gasteiger partial charge < -0.3 is 4.90 Å². The lowest BCUT2D eigenvalue weighted by molar-refractivity contribution is -0.137. The van der Waals surface area contributed by atoms with Gasteiger partial charge in [-0.1, -0.05) is 19.3 Å². The molecule has 28 heavy (non-hydrogen) atoms. The smallest absolute Gasteiger partial charge is 0.243 e. The van der Waals surface area contributed by atoms with Crippen LogP contribution in [0.15, 0.2) is 4.90 Å². The predicted molar refractivity (Wildman–Crippen MR) is 112 cm³/mol. The summed E-state index contributed by atoms with van der Waals surface area (Å²) in [7, 11) is -3.56.